The van der Waals surface area contributed by atoms with E-state index in [0.717, 1.165) is 24.4 Å². The largest absolute Gasteiger partial charge is 0.495 e. The molecule has 3 aromatic rings. The highest BCUT2D eigenvalue weighted by Gasteiger charge is 2.19. The summed E-state index contributed by atoms with van der Waals surface area (Å²) >= 11 is 6.19. The lowest BCUT2D eigenvalue weighted by Gasteiger charge is -2.17. The maximum absolute atomic E-state index is 12.9. The smallest absolute Gasteiger partial charge is 0.387 e. The Kier molecular flexibility index (Phi) is 4.78. The fourth-order valence-electron chi connectivity index (χ4n) is 3.36. The minimum absolute atomic E-state index is 0.0329. The third-order valence-corrected chi connectivity index (χ3v) is 4.96. The summed E-state index contributed by atoms with van der Waals surface area (Å²) in [5.41, 5.74) is 2.71. The van der Waals surface area contributed by atoms with E-state index in [0.29, 0.717) is 16.3 Å². The molecule has 0 aliphatic carbocycles. The number of fused-ring (bicyclic) bond motifs is 1. The van der Waals surface area contributed by atoms with Crippen molar-refractivity contribution in [2.24, 2.45) is 0 Å². The van der Waals surface area contributed by atoms with Crippen LogP contribution in [0.2, 0.25) is 5.02 Å². The van der Waals surface area contributed by atoms with Crippen LogP contribution in [-0.2, 0) is 0 Å². The summed E-state index contributed by atoms with van der Waals surface area (Å²) in [5.74, 6) is 0.227. The van der Waals surface area contributed by atoms with Gasteiger partial charge in [-0.3, -0.25) is 0 Å². The Balaban J connectivity index is 1.77. The topological polar surface area (TPSA) is 39.0 Å². The zero-order valence-corrected chi connectivity index (χ0v) is 15.4. The Labute approximate surface area is 160 Å². The summed E-state index contributed by atoms with van der Waals surface area (Å²) in [6, 6.07) is 6.90. The number of imidazole rings is 1. The molecular weight excluding hydrogens is 376 g/mol. The number of ether oxygens (including phenoxy) is 2. The maximum Gasteiger partial charge on any atom is 0.387 e. The number of hydrogen-bond acceptors (Lipinski definition) is 4. The van der Waals surface area contributed by atoms with Crippen LogP contribution in [0.4, 0.5) is 14.5 Å². The van der Waals surface area contributed by atoms with Crippen LogP contribution < -0.4 is 14.4 Å². The van der Waals surface area contributed by atoms with Gasteiger partial charge in [-0.1, -0.05) is 11.6 Å². The second-order valence-corrected chi connectivity index (χ2v) is 6.74. The summed E-state index contributed by atoms with van der Waals surface area (Å²) in [5, 5.41) is 0.295. The van der Waals surface area contributed by atoms with Crippen LogP contribution in [0.3, 0.4) is 0 Å². The van der Waals surface area contributed by atoms with E-state index in [-0.39, 0.29) is 11.5 Å². The standard InChI is InChI=1S/C19H18ClF2N3O2/c1-26-17-10-16(27-19(21)22)13(9-14(17)20)15-11-25-7-4-12(8-18(25)23-15)24-5-2-3-6-24/h4,7-11,19H,2-3,5-6H2,1H3. The molecule has 142 valence electrons. The number of pyridine rings is 1. The molecule has 8 heteroatoms. The molecular formula is C19H18ClF2N3O2. The SMILES string of the molecule is COc1cc(OC(F)F)c(-c2cn3ccc(N4CCCC4)cc3n2)cc1Cl. The molecule has 0 radical (unpaired) electrons. The Morgan fingerprint density at radius 3 is 2.63 bits per heavy atom. The number of alkyl halides is 2. The van der Waals surface area contributed by atoms with Crippen LogP contribution in [0.1, 0.15) is 12.8 Å². The maximum atomic E-state index is 12.9. The van der Waals surface area contributed by atoms with Gasteiger partial charge in [-0.25, -0.2) is 4.98 Å². The zero-order chi connectivity index (χ0) is 19.0. The molecule has 0 spiro atoms. The van der Waals surface area contributed by atoms with Crippen LogP contribution in [-0.4, -0.2) is 36.2 Å². The number of benzene rings is 1. The van der Waals surface area contributed by atoms with Gasteiger partial charge in [0.25, 0.3) is 0 Å². The number of hydrogen-bond donors (Lipinski definition) is 0. The molecule has 1 saturated heterocycles. The van der Waals surface area contributed by atoms with Crippen molar-refractivity contribution < 1.29 is 18.3 Å². The van der Waals surface area contributed by atoms with Crippen molar-refractivity contribution in [3.63, 3.8) is 0 Å². The van der Waals surface area contributed by atoms with Crippen LogP contribution in [0, 0.1) is 0 Å². The molecule has 3 heterocycles. The third-order valence-electron chi connectivity index (χ3n) is 4.66. The number of methoxy groups -OCH3 is 1. The molecule has 27 heavy (non-hydrogen) atoms. The van der Waals surface area contributed by atoms with Gasteiger partial charge in [-0.05, 0) is 25.0 Å². The van der Waals surface area contributed by atoms with Crippen molar-refractivity contribution in [2.75, 3.05) is 25.1 Å². The van der Waals surface area contributed by atoms with E-state index < -0.39 is 6.61 Å². The summed E-state index contributed by atoms with van der Waals surface area (Å²) in [6.45, 7) is -0.901. The molecule has 0 saturated carbocycles. The molecule has 4 rings (SSSR count). The Morgan fingerprint density at radius 2 is 1.93 bits per heavy atom. The minimum atomic E-state index is -2.96. The highest BCUT2D eigenvalue weighted by atomic mass is 35.5. The number of anilines is 1. The van der Waals surface area contributed by atoms with E-state index in [1.54, 1.807) is 6.20 Å². The minimum Gasteiger partial charge on any atom is -0.495 e. The number of halogens is 3. The molecule has 5 nitrogen and oxygen atoms in total. The molecule has 2 aromatic heterocycles. The molecule has 1 aromatic carbocycles. The molecule has 0 unspecified atom stereocenters. The van der Waals surface area contributed by atoms with E-state index in [9.17, 15) is 8.78 Å². The molecule has 0 atom stereocenters. The second kappa shape index (κ2) is 7.23. The monoisotopic (exact) mass is 393 g/mol. The van der Waals surface area contributed by atoms with Crippen molar-refractivity contribution in [1.82, 2.24) is 9.38 Å². The van der Waals surface area contributed by atoms with Crippen molar-refractivity contribution in [3.05, 3.63) is 41.7 Å². The lowest BCUT2D eigenvalue weighted by molar-refractivity contribution is -0.0495. The zero-order valence-electron chi connectivity index (χ0n) is 14.7. The fraction of sp³-hybridized carbons (Fsp3) is 0.316. The number of rotatable bonds is 5. The van der Waals surface area contributed by atoms with E-state index in [1.165, 1.54) is 32.1 Å². The van der Waals surface area contributed by atoms with Gasteiger partial charge in [-0.2, -0.15) is 8.78 Å². The number of nitrogens with zero attached hydrogens (tertiary/aromatic N) is 3. The predicted octanol–water partition coefficient (Wildman–Crippen LogP) is 4.86. The van der Waals surface area contributed by atoms with Gasteiger partial charge < -0.3 is 18.8 Å². The first-order valence-corrected chi connectivity index (χ1v) is 8.99. The summed E-state index contributed by atoms with van der Waals surface area (Å²) in [7, 11) is 1.41. The van der Waals surface area contributed by atoms with Gasteiger partial charge in [0, 0.05) is 48.9 Å². The van der Waals surface area contributed by atoms with Gasteiger partial charge in [-0.15, -0.1) is 0 Å². The lowest BCUT2D eigenvalue weighted by Crippen LogP contribution is -2.17. The Bertz CT molecular complexity index is 971. The predicted molar refractivity (Wildman–Crippen MR) is 100 cm³/mol. The van der Waals surface area contributed by atoms with Gasteiger partial charge in [0.2, 0.25) is 0 Å². The lowest BCUT2D eigenvalue weighted by atomic mass is 10.1. The molecule has 1 aliphatic rings. The van der Waals surface area contributed by atoms with Crippen molar-refractivity contribution in [1.29, 1.82) is 0 Å². The quantitative estimate of drug-likeness (QED) is 0.620. The summed E-state index contributed by atoms with van der Waals surface area (Å²) < 4.78 is 37.3. The van der Waals surface area contributed by atoms with E-state index in [1.807, 2.05) is 22.7 Å². The van der Waals surface area contributed by atoms with E-state index in [2.05, 4.69) is 14.6 Å². The molecule has 1 aliphatic heterocycles. The first-order valence-electron chi connectivity index (χ1n) is 8.61. The van der Waals surface area contributed by atoms with Crippen LogP contribution >= 0.6 is 11.6 Å². The Morgan fingerprint density at radius 1 is 1.15 bits per heavy atom. The molecule has 0 bridgehead atoms. The molecule has 1 fully saturated rings. The summed E-state index contributed by atoms with van der Waals surface area (Å²) in [4.78, 5) is 6.90. The van der Waals surface area contributed by atoms with Crippen molar-refractivity contribution in [3.8, 4) is 22.8 Å². The first-order chi connectivity index (χ1) is 13.0. The fourth-order valence-corrected chi connectivity index (χ4v) is 3.60. The van der Waals surface area contributed by atoms with Crippen LogP contribution in [0.5, 0.6) is 11.5 Å². The highest BCUT2D eigenvalue weighted by Crippen LogP contribution is 2.39. The normalized spacial score (nSPS) is 14.3. The van der Waals surface area contributed by atoms with Crippen LogP contribution in [0.15, 0.2) is 36.7 Å². The average molecular weight is 394 g/mol. The van der Waals surface area contributed by atoms with Crippen molar-refractivity contribution >= 4 is 22.9 Å². The summed E-state index contributed by atoms with van der Waals surface area (Å²) in [6.07, 6.45) is 6.05. The first kappa shape index (κ1) is 17.9. The molecule has 0 amide bonds. The van der Waals surface area contributed by atoms with Crippen LogP contribution in [0.25, 0.3) is 16.9 Å². The van der Waals surface area contributed by atoms with E-state index in [4.69, 9.17) is 16.3 Å². The van der Waals surface area contributed by atoms with Gasteiger partial charge in [0.05, 0.1) is 17.8 Å². The number of aromatic nitrogens is 2. The van der Waals surface area contributed by atoms with Gasteiger partial charge in [0.1, 0.15) is 17.1 Å². The Hall–Kier alpha value is -2.54. The average Bonchev–Trinajstić information content (AvgIpc) is 3.31. The van der Waals surface area contributed by atoms with Gasteiger partial charge in [0.15, 0.2) is 0 Å². The highest BCUT2D eigenvalue weighted by molar-refractivity contribution is 6.32. The van der Waals surface area contributed by atoms with Gasteiger partial charge >= 0.3 is 6.61 Å². The van der Waals surface area contributed by atoms with Crippen molar-refractivity contribution in [2.45, 2.75) is 19.5 Å². The second-order valence-electron chi connectivity index (χ2n) is 6.33. The molecule has 0 N–H and O–H groups in total. The van der Waals surface area contributed by atoms with E-state index >= 15 is 0 Å². The third kappa shape index (κ3) is 3.51.